The smallest absolute Gasteiger partial charge is 0.179 e. The highest BCUT2D eigenvalue weighted by atomic mass is 32.1. The van der Waals surface area contributed by atoms with Crippen molar-refractivity contribution in [2.75, 3.05) is 0 Å². The summed E-state index contributed by atoms with van der Waals surface area (Å²) in [6, 6.07) is 46.0. The van der Waals surface area contributed by atoms with Crippen molar-refractivity contribution in [1.29, 1.82) is 0 Å². The van der Waals surface area contributed by atoms with E-state index < -0.39 is 0 Å². The Kier molecular flexibility index (Phi) is 7.91. The fourth-order valence-electron chi connectivity index (χ4n) is 7.46. The Balaban J connectivity index is 1.06. The Morgan fingerprint density at radius 2 is 1.18 bits per heavy atom. The zero-order valence-electron chi connectivity index (χ0n) is 30.3. The number of allylic oxidation sites excluding steroid dienone is 4. The summed E-state index contributed by atoms with van der Waals surface area (Å²) in [6.45, 7) is 3.78. The van der Waals surface area contributed by atoms with E-state index in [9.17, 15) is 0 Å². The topological polar surface area (TPSA) is 77.6 Å². The minimum Gasteiger partial charge on any atom is -0.452 e. The summed E-state index contributed by atoms with van der Waals surface area (Å²) in [6.07, 6.45) is 9.46. The second-order valence-corrected chi connectivity index (χ2v) is 15.8. The molecule has 0 bridgehead atoms. The first-order valence-electron chi connectivity index (χ1n) is 18.5. The highest BCUT2D eigenvalue weighted by molar-refractivity contribution is 7.26. The number of aromatic nitrogens is 5. The van der Waals surface area contributed by atoms with Crippen molar-refractivity contribution in [3.63, 3.8) is 0 Å². The SMILES string of the molecule is C=C/C=C\C=C\c1nc(-c2cccc3c2sc2ccc(-c4nc(-c5ccccc5)nc(-c5ccc6c(c5)sc5ccccc56)n4)cc23)nc2c1oc1ccccc12. The van der Waals surface area contributed by atoms with Crippen LogP contribution in [0.3, 0.4) is 0 Å². The third-order valence-electron chi connectivity index (χ3n) is 10.2. The van der Waals surface area contributed by atoms with Crippen LogP contribution in [-0.2, 0) is 0 Å². The quantitative estimate of drug-likeness (QED) is 0.150. The number of hydrogen-bond acceptors (Lipinski definition) is 8. The minimum atomic E-state index is 0.621. The van der Waals surface area contributed by atoms with Gasteiger partial charge in [0.15, 0.2) is 28.9 Å². The maximum absolute atomic E-state index is 6.29. The van der Waals surface area contributed by atoms with Crippen LogP contribution in [0.2, 0.25) is 0 Å². The molecule has 0 saturated carbocycles. The average Bonchev–Trinajstić information content (AvgIpc) is 3.96. The number of para-hydroxylation sites is 1. The monoisotopic (exact) mass is 767 g/mol. The van der Waals surface area contributed by atoms with Crippen LogP contribution in [0.1, 0.15) is 5.69 Å². The first-order valence-corrected chi connectivity index (χ1v) is 20.2. The number of furan rings is 1. The Hall–Kier alpha value is -7.13. The van der Waals surface area contributed by atoms with Gasteiger partial charge in [-0.15, -0.1) is 22.7 Å². The first-order chi connectivity index (χ1) is 28.2. The third kappa shape index (κ3) is 5.73. The van der Waals surface area contributed by atoms with Crippen LogP contribution in [0.4, 0.5) is 0 Å². The largest absolute Gasteiger partial charge is 0.452 e. The van der Waals surface area contributed by atoms with E-state index in [-0.39, 0.29) is 0 Å². The Labute approximate surface area is 334 Å². The molecule has 5 heterocycles. The lowest BCUT2D eigenvalue weighted by Gasteiger charge is -2.09. The number of thiophene rings is 2. The van der Waals surface area contributed by atoms with E-state index in [2.05, 4.69) is 85.4 Å². The van der Waals surface area contributed by atoms with Crippen molar-refractivity contribution < 1.29 is 4.42 Å². The van der Waals surface area contributed by atoms with Gasteiger partial charge in [-0.1, -0.05) is 116 Å². The molecule has 6 nitrogen and oxygen atoms in total. The number of nitrogens with zero attached hydrogens (tertiary/aromatic N) is 5. The minimum absolute atomic E-state index is 0.621. The van der Waals surface area contributed by atoms with Crippen LogP contribution >= 0.6 is 22.7 Å². The molecular formula is C49H29N5OS2. The lowest BCUT2D eigenvalue weighted by Crippen LogP contribution is -2.00. The predicted octanol–water partition coefficient (Wildman–Crippen LogP) is 13.7. The molecule has 0 spiro atoms. The molecule has 0 aliphatic rings. The van der Waals surface area contributed by atoms with Crippen molar-refractivity contribution in [3.05, 3.63) is 170 Å². The van der Waals surface area contributed by atoms with Gasteiger partial charge in [0.05, 0.1) is 0 Å². The van der Waals surface area contributed by atoms with E-state index in [4.69, 9.17) is 29.3 Å². The van der Waals surface area contributed by atoms with Gasteiger partial charge < -0.3 is 4.42 Å². The summed E-state index contributed by atoms with van der Waals surface area (Å²) >= 11 is 3.52. The molecule has 11 aromatic rings. The van der Waals surface area contributed by atoms with Crippen molar-refractivity contribution in [3.8, 4) is 45.6 Å². The molecule has 0 aliphatic carbocycles. The van der Waals surface area contributed by atoms with Crippen LogP contribution < -0.4 is 0 Å². The van der Waals surface area contributed by atoms with Gasteiger partial charge in [0.25, 0.3) is 0 Å². The van der Waals surface area contributed by atoms with Crippen LogP contribution in [-0.4, -0.2) is 24.9 Å². The van der Waals surface area contributed by atoms with Gasteiger partial charge in [-0.25, -0.2) is 24.9 Å². The summed E-state index contributed by atoms with van der Waals surface area (Å²) in [5.41, 5.74) is 6.71. The van der Waals surface area contributed by atoms with Crippen molar-refractivity contribution in [1.82, 2.24) is 24.9 Å². The molecule has 57 heavy (non-hydrogen) atoms. The summed E-state index contributed by atoms with van der Waals surface area (Å²) in [5.74, 6) is 2.54. The van der Waals surface area contributed by atoms with E-state index >= 15 is 0 Å². The molecule has 0 aliphatic heterocycles. The predicted molar refractivity (Wildman–Crippen MR) is 239 cm³/mol. The Morgan fingerprint density at radius 3 is 2.04 bits per heavy atom. The molecule has 0 unspecified atom stereocenters. The van der Waals surface area contributed by atoms with E-state index in [0.717, 1.165) is 58.9 Å². The number of fused-ring (bicyclic) bond motifs is 9. The van der Waals surface area contributed by atoms with Crippen LogP contribution in [0.15, 0.2) is 169 Å². The van der Waals surface area contributed by atoms with Crippen molar-refractivity contribution in [2.24, 2.45) is 0 Å². The second kappa shape index (κ2) is 13.6. The molecule has 268 valence electrons. The molecule has 0 saturated heterocycles. The number of rotatable bonds is 7. The molecule has 0 amide bonds. The van der Waals surface area contributed by atoms with Crippen LogP contribution in [0.5, 0.6) is 0 Å². The fraction of sp³-hybridized carbons (Fsp3) is 0. The summed E-state index contributed by atoms with van der Waals surface area (Å²) in [5, 5.41) is 5.70. The highest BCUT2D eigenvalue weighted by Crippen LogP contribution is 2.42. The zero-order chi connectivity index (χ0) is 37.9. The van der Waals surface area contributed by atoms with Gasteiger partial charge in [-0.3, -0.25) is 0 Å². The summed E-state index contributed by atoms with van der Waals surface area (Å²) in [4.78, 5) is 25.5. The molecule has 0 atom stereocenters. The lowest BCUT2D eigenvalue weighted by atomic mass is 10.1. The molecule has 8 heteroatoms. The maximum atomic E-state index is 6.29. The number of hydrogen-bond donors (Lipinski definition) is 0. The number of benzene rings is 6. The summed E-state index contributed by atoms with van der Waals surface area (Å²) < 4.78 is 11.0. The van der Waals surface area contributed by atoms with E-state index in [1.165, 1.54) is 20.2 Å². The van der Waals surface area contributed by atoms with Gasteiger partial charge in [0.1, 0.15) is 16.8 Å². The molecule has 6 aromatic carbocycles. The summed E-state index contributed by atoms with van der Waals surface area (Å²) in [7, 11) is 0. The second-order valence-electron chi connectivity index (χ2n) is 13.7. The van der Waals surface area contributed by atoms with Gasteiger partial charge in [-0.05, 0) is 54.6 Å². The van der Waals surface area contributed by atoms with Crippen LogP contribution in [0, 0.1) is 0 Å². The van der Waals surface area contributed by atoms with Gasteiger partial charge in [0, 0.05) is 68.0 Å². The zero-order valence-corrected chi connectivity index (χ0v) is 31.9. The Bertz CT molecular complexity index is 3450. The van der Waals surface area contributed by atoms with Gasteiger partial charge >= 0.3 is 0 Å². The first kappa shape index (κ1) is 33.2. The molecule has 0 radical (unpaired) electrons. The molecule has 0 N–H and O–H groups in total. The van der Waals surface area contributed by atoms with Gasteiger partial charge in [-0.2, -0.15) is 0 Å². The standard InChI is InChI=1S/C49H29N5OS2/c1-2-3-4-8-20-38-44-43(35-17-9-11-21-39(35)55-44)51-49(50-38)36-19-13-18-34-37-27-30(24-26-41(37)57-45(34)36)47-52-46(29-14-6-5-7-15-29)53-48(54-47)31-23-25-33-32-16-10-12-22-40(32)56-42(33)28-31/h2-28H,1H2/b4-3-,20-8+. The fourth-order valence-corrected chi connectivity index (χ4v) is 9.80. The molecule has 5 aromatic heterocycles. The van der Waals surface area contributed by atoms with Crippen molar-refractivity contribution >= 4 is 91.2 Å². The van der Waals surface area contributed by atoms with Crippen LogP contribution in [0.25, 0.3) is 114 Å². The normalized spacial score (nSPS) is 12.1. The van der Waals surface area contributed by atoms with E-state index in [1.807, 2.05) is 78.9 Å². The van der Waals surface area contributed by atoms with E-state index in [0.29, 0.717) is 34.6 Å². The lowest BCUT2D eigenvalue weighted by molar-refractivity contribution is 0.664. The maximum Gasteiger partial charge on any atom is 0.179 e. The third-order valence-corrected chi connectivity index (χ3v) is 12.5. The highest BCUT2D eigenvalue weighted by Gasteiger charge is 2.20. The van der Waals surface area contributed by atoms with Crippen molar-refractivity contribution in [2.45, 2.75) is 0 Å². The molecule has 11 rings (SSSR count). The Morgan fingerprint density at radius 1 is 0.474 bits per heavy atom. The molecular weight excluding hydrogens is 739 g/mol. The van der Waals surface area contributed by atoms with Gasteiger partial charge in [0.2, 0.25) is 0 Å². The average molecular weight is 768 g/mol. The van der Waals surface area contributed by atoms with E-state index in [1.54, 1.807) is 28.7 Å². The molecule has 0 fully saturated rings.